The van der Waals surface area contributed by atoms with Crippen LogP contribution < -0.4 is 0 Å². The molecule has 1 unspecified atom stereocenters. The van der Waals surface area contributed by atoms with E-state index >= 15 is 0 Å². The number of carbonyl (C=O) groups is 1. The first kappa shape index (κ1) is 12.9. The van der Waals surface area contributed by atoms with Gasteiger partial charge in [0, 0.05) is 12.8 Å². The average molecular weight is 254 g/mol. The molecule has 90 valence electrons. The van der Waals surface area contributed by atoms with Gasteiger partial charge in [0.25, 0.3) is 0 Å². The fourth-order valence-electron chi connectivity index (χ4n) is 1.25. The summed E-state index contributed by atoms with van der Waals surface area (Å²) >= 11 is 0. The van der Waals surface area contributed by atoms with Gasteiger partial charge in [0.05, 0.1) is 16.4 Å². The molecule has 1 heterocycles. The highest BCUT2D eigenvalue weighted by Crippen LogP contribution is 2.32. The number of hydrogen-bond acceptors (Lipinski definition) is 3. The van der Waals surface area contributed by atoms with Gasteiger partial charge in [0.15, 0.2) is 12.0 Å². The zero-order chi connectivity index (χ0) is 12.5. The smallest absolute Gasteiger partial charge is 0.298 e. The van der Waals surface area contributed by atoms with E-state index in [1.807, 2.05) is 0 Å². The molecule has 16 heavy (non-hydrogen) atoms. The highest BCUT2D eigenvalue weighted by molar-refractivity contribution is 7.85. The molecule has 0 amide bonds. The molecule has 4 nitrogen and oxygen atoms in total. The molecule has 0 fully saturated rings. The first-order valence-electron chi connectivity index (χ1n) is 4.30. The van der Waals surface area contributed by atoms with Crippen molar-refractivity contribution in [2.24, 2.45) is 7.05 Å². The molecule has 1 atom stereocenters. The zero-order valence-electron chi connectivity index (χ0n) is 8.54. The third-order valence-corrected chi connectivity index (χ3v) is 3.33. The summed E-state index contributed by atoms with van der Waals surface area (Å²) in [4.78, 5) is 10.6. The van der Waals surface area contributed by atoms with Gasteiger partial charge in [-0.05, 0) is 0 Å². The van der Waals surface area contributed by atoms with Crippen LogP contribution in [0.2, 0.25) is 0 Å². The fourth-order valence-corrected chi connectivity index (χ4v) is 2.25. The first-order chi connectivity index (χ1) is 7.32. The molecule has 1 aromatic heterocycles. The molecule has 0 radical (unpaired) electrons. The van der Waals surface area contributed by atoms with E-state index in [4.69, 9.17) is 0 Å². The minimum Gasteiger partial charge on any atom is -0.298 e. The second-order valence-corrected chi connectivity index (χ2v) is 4.60. The van der Waals surface area contributed by atoms with Crippen molar-refractivity contribution in [3.8, 4) is 0 Å². The summed E-state index contributed by atoms with van der Waals surface area (Å²) in [6.45, 7) is 1.55. The highest BCUT2D eigenvalue weighted by Gasteiger charge is 2.39. The largest absolute Gasteiger partial charge is 0.435 e. The second kappa shape index (κ2) is 4.36. The van der Waals surface area contributed by atoms with Crippen molar-refractivity contribution in [3.63, 3.8) is 0 Å². The Morgan fingerprint density at radius 3 is 2.44 bits per heavy atom. The minimum atomic E-state index is -4.72. The topological polar surface area (TPSA) is 52.0 Å². The molecular weight excluding hydrogens is 245 g/mol. The number of carbonyl (C=O) groups excluding carboxylic acids is 1. The fraction of sp³-hybridized carbons (Fsp3) is 0.500. The Balaban J connectivity index is 3.47. The maximum atomic E-state index is 12.5. The number of aromatic nitrogens is 2. The maximum Gasteiger partial charge on any atom is 0.435 e. The predicted molar refractivity (Wildman–Crippen MR) is 50.5 cm³/mol. The van der Waals surface area contributed by atoms with Gasteiger partial charge in [-0.15, -0.1) is 0 Å². The Morgan fingerprint density at radius 2 is 2.06 bits per heavy atom. The van der Waals surface area contributed by atoms with Crippen LogP contribution in [0.1, 0.15) is 23.0 Å². The number of halogens is 3. The third kappa shape index (κ3) is 2.16. The molecule has 0 spiro atoms. The van der Waals surface area contributed by atoms with Gasteiger partial charge in [-0.1, -0.05) is 6.92 Å². The van der Waals surface area contributed by atoms with Crippen LogP contribution in [-0.4, -0.2) is 26.0 Å². The standard InChI is InChI=1S/C8H9F3N2O2S/c1-3-16(15)7-5(4-14)6(8(9,10)11)12-13(7)2/h4H,3H2,1-2H3. The van der Waals surface area contributed by atoms with Crippen LogP contribution in [0.5, 0.6) is 0 Å². The van der Waals surface area contributed by atoms with Crippen molar-refractivity contribution in [1.29, 1.82) is 0 Å². The number of hydrogen-bond donors (Lipinski definition) is 0. The summed E-state index contributed by atoms with van der Waals surface area (Å²) in [7, 11) is -0.431. The van der Waals surface area contributed by atoms with Gasteiger partial charge in [-0.2, -0.15) is 18.3 Å². The Bertz CT molecular complexity index is 439. The lowest BCUT2D eigenvalue weighted by atomic mass is 10.2. The lowest BCUT2D eigenvalue weighted by Crippen LogP contribution is -2.09. The average Bonchev–Trinajstić information content (AvgIpc) is 2.53. The van der Waals surface area contributed by atoms with E-state index in [1.54, 1.807) is 6.92 Å². The molecule has 0 aliphatic rings. The minimum absolute atomic E-state index is 0.0404. The zero-order valence-corrected chi connectivity index (χ0v) is 9.35. The van der Waals surface area contributed by atoms with E-state index < -0.39 is 28.2 Å². The molecule has 1 rings (SSSR count). The van der Waals surface area contributed by atoms with Gasteiger partial charge in [-0.3, -0.25) is 13.7 Å². The molecule has 0 saturated heterocycles. The third-order valence-electron chi connectivity index (χ3n) is 1.89. The summed E-state index contributed by atoms with van der Waals surface area (Å²) in [5, 5.41) is 3.00. The van der Waals surface area contributed by atoms with Crippen LogP contribution in [0.25, 0.3) is 0 Å². The van der Waals surface area contributed by atoms with E-state index in [0.29, 0.717) is 0 Å². The number of nitrogens with zero attached hydrogens (tertiary/aromatic N) is 2. The van der Waals surface area contributed by atoms with Crippen LogP contribution in [0.15, 0.2) is 5.03 Å². The maximum absolute atomic E-state index is 12.5. The normalized spacial score (nSPS) is 13.8. The van der Waals surface area contributed by atoms with Gasteiger partial charge in [0.1, 0.15) is 5.03 Å². The molecule has 1 aromatic rings. The van der Waals surface area contributed by atoms with Crippen molar-refractivity contribution in [1.82, 2.24) is 9.78 Å². The molecule has 0 saturated carbocycles. The Morgan fingerprint density at radius 1 is 1.50 bits per heavy atom. The number of aldehydes is 1. The summed E-state index contributed by atoms with van der Waals surface area (Å²) < 4.78 is 49.7. The van der Waals surface area contributed by atoms with Crippen LogP contribution in [0, 0.1) is 0 Å². The molecule has 0 aromatic carbocycles. The van der Waals surface area contributed by atoms with E-state index in [1.165, 1.54) is 7.05 Å². The second-order valence-electron chi connectivity index (χ2n) is 2.94. The van der Waals surface area contributed by atoms with Crippen molar-refractivity contribution in [2.75, 3.05) is 5.75 Å². The lowest BCUT2D eigenvalue weighted by molar-refractivity contribution is -0.141. The Labute approximate surface area is 91.9 Å². The van der Waals surface area contributed by atoms with Crippen LogP contribution >= 0.6 is 0 Å². The van der Waals surface area contributed by atoms with Crippen molar-refractivity contribution in [3.05, 3.63) is 11.3 Å². The Kier molecular flexibility index (Phi) is 3.51. The van der Waals surface area contributed by atoms with Crippen molar-refractivity contribution < 1.29 is 22.2 Å². The SMILES string of the molecule is CCS(=O)c1c(C=O)c(C(F)(F)F)nn1C. The summed E-state index contributed by atoms with van der Waals surface area (Å²) in [6.07, 6.45) is -4.68. The summed E-state index contributed by atoms with van der Waals surface area (Å²) in [5.74, 6) is 0.123. The van der Waals surface area contributed by atoms with Gasteiger partial charge in [-0.25, -0.2) is 0 Å². The summed E-state index contributed by atoms with van der Waals surface area (Å²) in [6, 6.07) is 0. The predicted octanol–water partition coefficient (Wildman–Crippen LogP) is 1.38. The molecule has 0 N–H and O–H groups in total. The van der Waals surface area contributed by atoms with Gasteiger partial charge >= 0.3 is 6.18 Å². The molecule has 8 heteroatoms. The molecule has 0 aliphatic heterocycles. The van der Waals surface area contributed by atoms with Gasteiger partial charge in [0.2, 0.25) is 0 Å². The van der Waals surface area contributed by atoms with Crippen LogP contribution in [-0.2, 0) is 24.0 Å². The first-order valence-corrected chi connectivity index (χ1v) is 5.62. The monoisotopic (exact) mass is 254 g/mol. The van der Waals surface area contributed by atoms with Gasteiger partial charge < -0.3 is 0 Å². The highest BCUT2D eigenvalue weighted by atomic mass is 32.2. The number of alkyl halides is 3. The van der Waals surface area contributed by atoms with E-state index in [0.717, 1.165) is 4.68 Å². The van der Waals surface area contributed by atoms with E-state index in [9.17, 15) is 22.2 Å². The number of aryl methyl sites for hydroxylation is 1. The molecular formula is C8H9F3N2O2S. The van der Waals surface area contributed by atoms with Crippen molar-refractivity contribution in [2.45, 2.75) is 18.1 Å². The van der Waals surface area contributed by atoms with Crippen LogP contribution in [0.4, 0.5) is 13.2 Å². The van der Waals surface area contributed by atoms with Crippen molar-refractivity contribution >= 4 is 17.1 Å². The quantitative estimate of drug-likeness (QED) is 0.766. The van der Waals surface area contributed by atoms with Crippen LogP contribution in [0.3, 0.4) is 0 Å². The number of rotatable bonds is 3. The Hall–Kier alpha value is -1.18. The lowest BCUT2D eigenvalue weighted by Gasteiger charge is -2.02. The van der Waals surface area contributed by atoms with E-state index in [2.05, 4.69) is 5.10 Å². The summed E-state index contributed by atoms with van der Waals surface area (Å²) in [5.41, 5.74) is -1.93. The van der Waals surface area contributed by atoms with E-state index in [-0.39, 0.29) is 17.1 Å². The molecule has 0 aliphatic carbocycles. The molecule has 0 bridgehead atoms.